The van der Waals surface area contributed by atoms with Gasteiger partial charge < -0.3 is 14.1 Å². The number of ether oxygens (including phenoxy) is 1. The molecule has 0 unspecified atom stereocenters. The first-order valence-corrected chi connectivity index (χ1v) is 9.29. The zero-order valence-electron chi connectivity index (χ0n) is 16.2. The maximum atomic E-state index is 12.3. The van der Waals surface area contributed by atoms with Gasteiger partial charge in [-0.2, -0.15) is 5.26 Å². The van der Waals surface area contributed by atoms with Crippen molar-refractivity contribution in [3.8, 4) is 6.07 Å². The Morgan fingerprint density at radius 3 is 2.85 bits per heavy atom. The topological polar surface area (TPSA) is 82.6 Å². The van der Waals surface area contributed by atoms with Crippen LogP contribution in [0.1, 0.15) is 38.6 Å². The summed E-state index contributed by atoms with van der Waals surface area (Å²) in [6, 6.07) is 8.00. The molecule has 0 radical (unpaired) electrons. The van der Waals surface area contributed by atoms with E-state index in [1.165, 1.54) is 0 Å². The Hall–Kier alpha value is -2.59. The molecule has 0 bridgehead atoms. The van der Waals surface area contributed by atoms with E-state index in [1.807, 2.05) is 39.0 Å². The molecule has 144 valence electrons. The maximum absolute atomic E-state index is 12.3. The molecule has 0 N–H and O–H groups in total. The van der Waals surface area contributed by atoms with Crippen LogP contribution in [-0.2, 0) is 17.7 Å². The zero-order valence-corrected chi connectivity index (χ0v) is 16.2. The largest absolute Gasteiger partial charge is 0.444 e. The van der Waals surface area contributed by atoms with Crippen molar-refractivity contribution in [2.75, 3.05) is 26.2 Å². The number of amides is 1. The van der Waals surface area contributed by atoms with Gasteiger partial charge in [0.05, 0.1) is 6.07 Å². The maximum Gasteiger partial charge on any atom is 0.410 e. The molecule has 1 fully saturated rings. The molecule has 1 aromatic heterocycles. The van der Waals surface area contributed by atoms with Gasteiger partial charge in [0.25, 0.3) is 0 Å². The van der Waals surface area contributed by atoms with Crippen LogP contribution in [0.5, 0.6) is 0 Å². The average molecular weight is 370 g/mol. The number of fused-ring (bicyclic) bond motifs is 1. The summed E-state index contributed by atoms with van der Waals surface area (Å²) in [4.78, 5) is 20.8. The van der Waals surface area contributed by atoms with E-state index in [4.69, 9.17) is 14.4 Å². The van der Waals surface area contributed by atoms with Gasteiger partial charge in [-0.05, 0) is 44.9 Å². The Kier molecular flexibility index (Phi) is 5.66. The fraction of sp³-hybridized carbons (Fsp3) is 0.550. The molecule has 7 nitrogen and oxygen atoms in total. The van der Waals surface area contributed by atoms with E-state index in [0.717, 1.165) is 37.1 Å². The Balaban J connectivity index is 1.60. The summed E-state index contributed by atoms with van der Waals surface area (Å²) in [5.74, 6) is 0.451. The minimum absolute atomic E-state index is 0.177. The van der Waals surface area contributed by atoms with Crippen LogP contribution in [0.4, 0.5) is 4.79 Å². The van der Waals surface area contributed by atoms with Crippen LogP contribution < -0.4 is 0 Å². The third kappa shape index (κ3) is 5.20. The van der Waals surface area contributed by atoms with E-state index in [0.29, 0.717) is 24.6 Å². The summed E-state index contributed by atoms with van der Waals surface area (Å²) in [5, 5.41) is 8.77. The summed E-state index contributed by atoms with van der Waals surface area (Å²) in [7, 11) is 0. The number of rotatable bonds is 3. The predicted octanol–water partition coefficient (Wildman–Crippen LogP) is 3.34. The molecule has 0 spiro atoms. The Bertz CT molecular complexity index is 847. The van der Waals surface area contributed by atoms with E-state index in [2.05, 4.69) is 16.0 Å². The molecule has 1 aromatic carbocycles. The quantitative estimate of drug-likeness (QED) is 0.824. The number of hydrogen-bond donors (Lipinski definition) is 0. The van der Waals surface area contributed by atoms with Crippen molar-refractivity contribution < 1.29 is 13.9 Å². The van der Waals surface area contributed by atoms with Crippen LogP contribution in [0, 0.1) is 11.3 Å². The number of carbonyl (C=O) groups is 1. The molecule has 0 saturated carbocycles. The second-order valence-corrected chi connectivity index (χ2v) is 7.84. The third-order valence-electron chi connectivity index (χ3n) is 4.37. The fourth-order valence-corrected chi connectivity index (χ4v) is 3.16. The van der Waals surface area contributed by atoms with Crippen LogP contribution in [0.2, 0.25) is 0 Å². The van der Waals surface area contributed by atoms with E-state index in [1.54, 1.807) is 4.90 Å². The second kappa shape index (κ2) is 7.97. The lowest BCUT2D eigenvalue weighted by Gasteiger charge is -2.26. The van der Waals surface area contributed by atoms with Crippen LogP contribution in [0.25, 0.3) is 11.1 Å². The summed E-state index contributed by atoms with van der Waals surface area (Å²) >= 11 is 0. The van der Waals surface area contributed by atoms with Gasteiger partial charge in [0, 0.05) is 32.7 Å². The number of hydrogen-bond acceptors (Lipinski definition) is 6. The van der Waals surface area contributed by atoms with Crippen molar-refractivity contribution in [2.24, 2.45) is 0 Å². The summed E-state index contributed by atoms with van der Waals surface area (Å²) < 4.78 is 11.0. The molecule has 3 rings (SSSR count). The highest BCUT2D eigenvalue weighted by Gasteiger charge is 2.24. The molecule has 7 heteroatoms. The number of nitriles is 1. The van der Waals surface area contributed by atoms with Crippen molar-refractivity contribution in [1.29, 1.82) is 5.26 Å². The lowest BCUT2D eigenvalue weighted by molar-refractivity contribution is 0.0257. The highest BCUT2D eigenvalue weighted by atomic mass is 16.6. The van der Waals surface area contributed by atoms with Gasteiger partial charge in [0.1, 0.15) is 17.5 Å². The van der Waals surface area contributed by atoms with Crippen LogP contribution in [0.15, 0.2) is 22.6 Å². The molecule has 27 heavy (non-hydrogen) atoms. The fourth-order valence-electron chi connectivity index (χ4n) is 3.16. The summed E-state index contributed by atoms with van der Waals surface area (Å²) in [6.07, 6.45) is 0.854. The van der Waals surface area contributed by atoms with Crippen molar-refractivity contribution in [3.63, 3.8) is 0 Å². The first kappa shape index (κ1) is 19.2. The number of carbonyl (C=O) groups excluding carboxylic acids is 1. The molecule has 0 aliphatic carbocycles. The Labute approximate surface area is 159 Å². The third-order valence-corrected chi connectivity index (χ3v) is 4.37. The highest BCUT2D eigenvalue weighted by molar-refractivity contribution is 5.73. The van der Waals surface area contributed by atoms with Crippen LogP contribution in [0.3, 0.4) is 0 Å². The number of nitrogens with zero attached hydrogens (tertiary/aromatic N) is 4. The Morgan fingerprint density at radius 2 is 2.11 bits per heavy atom. The number of oxazole rings is 1. The van der Waals surface area contributed by atoms with Crippen LogP contribution >= 0.6 is 0 Å². The first-order chi connectivity index (χ1) is 12.8. The minimum Gasteiger partial charge on any atom is -0.444 e. The van der Waals surface area contributed by atoms with Crippen molar-refractivity contribution in [1.82, 2.24) is 14.8 Å². The second-order valence-electron chi connectivity index (χ2n) is 7.84. The molecule has 2 aromatic rings. The predicted molar refractivity (Wildman–Crippen MR) is 101 cm³/mol. The van der Waals surface area contributed by atoms with Crippen molar-refractivity contribution in [3.05, 3.63) is 29.7 Å². The normalized spacial score (nSPS) is 16.1. The molecule has 1 aliphatic heterocycles. The van der Waals surface area contributed by atoms with Gasteiger partial charge in [0.15, 0.2) is 5.58 Å². The van der Waals surface area contributed by atoms with Crippen LogP contribution in [-0.4, -0.2) is 52.7 Å². The molecule has 1 saturated heterocycles. The molecule has 1 amide bonds. The summed E-state index contributed by atoms with van der Waals surface area (Å²) in [6.45, 7) is 9.55. The SMILES string of the molecule is CC(C)(C)OC(=O)N1CCCN(Cc2ccc3oc(CC#N)nc3c2)CC1. The Morgan fingerprint density at radius 1 is 1.30 bits per heavy atom. The molecule has 1 aliphatic rings. The van der Waals surface area contributed by atoms with Gasteiger partial charge in [-0.25, -0.2) is 9.78 Å². The number of benzene rings is 1. The minimum atomic E-state index is -0.472. The zero-order chi connectivity index (χ0) is 19.4. The molecular weight excluding hydrogens is 344 g/mol. The van der Waals surface area contributed by atoms with Gasteiger partial charge in [-0.1, -0.05) is 6.07 Å². The van der Waals surface area contributed by atoms with E-state index < -0.39 is 5.60 Å². The lowest BCUT2D eigenvalue weighted by atomic mass is 10.2. The number of aromatic nitrogens is 1. The standard InChI is InChI=1S/C20H26N4O3/c1-20(2,3)27-19(25)24-10-4-9-23(11-12-24)14-15-5-6-17-16(13-15)22-18(26-17)7-8-21/h5-6,13H,4,7,9-12,14H2,1-3H3. The molecular formula is C20H26N4O3. The van der Waals surface area contributed by atoms with E-state index in [9.17, 15) is 4.79 Å². The van der Waals surface area contributed by atoms with E-state index >= 15 is 0 Å². The van der Waals surface area contributed by atoms with Gasteiger partial charge >= 0.3 is 6.09 Å². The van der Waals surface area contributed by atoms with E-state index in [-0.39, 0.29) is 12.5 Å². The van der Waals surface area contributed by atoms with Crippen molar-refractivity contribution >= 4 is 17.2 Å². The molecule has 0 atom stereocenters. The highest BCUT2D eigenvalue weighted by Crippen LogP contribution is 2.19. The van der Waals surface area contributed by atoms with Crippen molar-refractivity contribution in [2.45, 2.75) is 45.8 Å². The summed E-state index contributed by atoms with van der Waals surface area (Å²) in [5.41, 5.74) is 2.16. The average Bonchev–Trinajstić information content (AvgIpc) is 2.82. The first-order valence-electron chi connectivity index (χ1n) is 9.29. The van der Waals surface area contributed by atoms with Gasteiger partial charge in [0.2, 0.25) is 5.89 Å². The smallest absolute Gasteiger partial charge is 0.410 e. The lowest BCUT2D eigenvalue weighted by Crippen LogP contribution is -2.39. The monoisotopic (exact) mass is 370 g/mol. The molecule has 2 heterocycles. The van der Waals surface area contributed by atoms with Gasteiger partial charge in [-0.3, -0.25) is 4.90 Å². The van der Waals surface area contributed by atoms with Gasteiger partial charge in [-0.15, -0.1) is 0 Å².